The lowest BCUT2D eigenvalue weighted by Gasteiger charge is -2.28. The number of amides is 2. The van der Waals surface area contributed by atoms with Crippen LogP contribution in [0.25, 0.3) is 0 Å². The summed E-state index contributed by atoms with van der Waals surface area (Å²) in [6.45, 7) is 1.02. The van der Waals surface area contributed by atoms with Crippen molar-refractivity contribution in [1.29, 1.82) is 5.26 Å². The lowest BCUT2D eigenvalue weighted by atomic mass is 9.98. The van der Waals surface area contributed by atoms with E-state index in [-0.39, 0.29) is 12.2 Å². The zero-order chi connectivity index (χ0) is 20.6. The lowest BCUT2D eigenvalue weighted by Crippen LogP contribution is -2.37. The molecule has 2 aromatic rings. The van der Waals surface area contributed by atoms with Gasteiger partial charge in [-0.15, -0.1) is 0 Å². The van der Waals surface area contributed by atoms with Crippen LogP contribution in [-0.2, 0) is 16.1 Å². The zero-order valence-corrected chi connectivity index (χ0v) is 16.5. The smallest absolute Gasteiger partial charge is 0.410 e. The van der Waals surface area contributed by atoms with Gasteiger partial charge >= 0.3 is 6.09 Å². The van der Waals surface area contributed by atoms with E-state index in [9.17, 15) is 14.9 Å². The minimum Gasteiger partial charge on any atom is -0.445 e. The van der Waals surface area contributed by atoms with Crippen molar-refractivity contribution in [1.82, 2.24) is 4.90 Å². The second-order valence-corrected chi connectivity index (χ2v) is 7.02. The van der Waals surface area contributed by atoms with E-state index in [1.165, 1.54) is 0 Å². The van der Waals surface area contributed by atoms with Crippen molar-refractivity contribution in [3.8, 4) is 6.07 Å². The molecular formula is C22H20ClN3O3. The third-order valence-electron chi connectivity index (χ3n) is 4.62. The Morgan fingerprint density at radius 1 is 1.07 bits per heavy atom. The van der Waals surface area contributed by atoms with Crippen LogP contribution in [0.1, 0.15) is 18.4 Å². The predicted octanol–water partition coefficient (Wildman–Crippen LogP) is 4.53. The molecule has 1 heterocycles. The van der Waals surface area contributed by atoms with Crippen LogP contribution in [0.15, 0.2) is 65.7 Å². The van der Waals surface area contributed by atoms with Crippen LogP contribution in [0.2, 0.25) is 5.02 Å². The average Bonchev–Trinajstić information content (AvgIpc) is 2.75. The summed E-state index contributed by atoms with van der Waals surface area (Å²) in [7, 11) is 0. The molecule has 1 aliphatic heterocycles. The van der Waals surface area contributed by atoms with Gasteiger partial charge in [0.25, 0.3) is 5.91 Å². The van der Waals surface area contributed by atoms with Gasteiger partial charge in [0.1, 0.15) is 18.2 Å². The lowest BCUT2D eigenvalue weighted by molar-refractivity contribution is -0.112. The monoisotopic (exact) mass is 409 g/mol. The number of nitrogens with zero attached hydrogens (tertiary/aromatic N) is 2. The van der Waals surface area contributed by atoms with E-state index in [2.05, 4.69) is 5.32 Å². The third kappa shape index (κ3) is 5.59. The van der Waals surface area contributed by atoms with Gasteiger partial charge in [0.2, 0.25) is 0 Å². The van der Waals surface area contributed by atoms with Gasteiger partial charge in [-0.1, -0.05) is 41.9 Å². The molecular weight excluding hydrogens is 390 g/mol. The van der Waals surface area contributed by atoms with Crippen LogP contribution < -0.4 is 5.32 Å². The van der Waals surface area contributed by atoms with Crippen molar-refractivity contribution >= 4 is 29.3 Å². The number of anilines is 1. The highest BCUT2D eigenvalue weighted by molar-refractivity contribution is 6.30. The number of rotatable bonds is 4. The van der Waals surface area contributed by atoms with Crippen molar-refractivity contribution in [2.45, 2.75) is 19.4 Å². The Bertz CT molecular complexity index is 940. The van der Waals surface area contributed by atoms with Crippen molar-refractivity contribution < 1.29 is 14.3 Å². The van der Waals surface area contributed by atoms with Gasteiger partial charge in [-0.05, 0) is 48.2 Å². The van der Waals surface area contributed by atoms with E-state index in [0.29, 0.717) is 36.6 Å². The van der Waals surface area contributed by atoms with Gasteiger partial charge in [0.15, 0.2) is 0 Å². The van der Waals surface area contributed by atoms with Gasteiger partial charge < -0.3 is 15.0 Å². The van der Waals surface area contributed by atoms with Crippen LogP contribution >= 0.6 is 11.6 Å². The van der Waals surface area contributed by atoms with Crippen LogP contribution in [0.4, 0.5) is 10.5 Å². The highest BCUT2D eigenvalue weighted by Crippen LogP contribution is 2.22. The van der Waals surface area contributed by atoms with Gasteiger partial charge in [-0.3, -0.25) is 4.79 Å². The maximum atomic E-state index is 12.5. The molecule has 1 N–H and O–H groups in total. The number of benzene rings is 2. The van der Waals surface area contributed by atoms with E-state index in [0.717, 1.165) is 11.1 Å². The molecule has 2 aromatic carbocycles. The van der Waals surface area contributed by atoms with E-state index >= 15 is 0 Å². The van der Waals surface area contributed by atoms with Gasteiger partial charge in [0.05, 0.1) is 0 Å². The van der Waals surface area contributed by atoms with Crippen molar-refractivity contribution in [2.24, 2.45) is 0 Å². The zero-order valence-electron chi connectivity index (χ0n) is 15.7. The Hall–Kier alpha value is -3.30. The van der Waals surface area contributed by atoms with Crippen LogP contribution in [0, 0.1) is 11.3 Å². The summed E-state index contributed by atoms with van der Waals surface area (Å²) in [5.41, 5.74) is 2.32. The predicted molar refractivity (Wildman–Crippen MR) is 110 cm³/mol. The SMILES string of the molecule is N#CC(C(=O)Nc1ccc(Cl)cc1)=C1CCN(C(=O)OCc2ccccc2)CC1. The summed E-state index contributed by atoms with van der Waals surface area (Å²) >= 11 is 5.84. The fraction of sp³-hybridized carbons (Fsp3) is 0.227. The highest BCUT2D eigenvalue weighted by atomic mass is 35.5. The summed E-state index contributed by atoms with van der Waals surface area (Å²) in [5.74, 6) is -0.454. The first kappa shape index (κ1) is 20.4. The molecule has 0 saturated carbocycles. The molecule has 0 aromatic heterocycles. The summed E-state index contributed by atoms with van der Waals surface area (Å²) in [4.78, 5) is 26.3. The molecule has 29 heavy (non-hydrogen) atoms. The summed E-state index contributed by atoms with van der Waals surface area (Å²) in [6.07, 6.45) is 0.520. The summed E-state index contributed by atoms with van der Waals surface area (Å²) in [5, 5.41) is 12.7. The molecule has 0 atom stereocenters. The van der Waals surface area contributed by atoms with E-state index in [1.54, 1.807) is 29.2 Å². The molecule has 1 fully saturated rings. The summed E-state index contributed by atoms with van der Waals surface area (Å²) < 4.78 is 5.34. The van der Waals surface area contributed by atoms with Crippen LogP contribution in [-0.4, -0.2) is 30.0 Å². The molecule has 0 bridgehead atoms. The third-order valence-corrected chi connectivity index (χ3v) is 4.88. The second kappa shape index (κ2) is 9.76. The van der Waals surface area contributed by atoms with Crippen LogP contribution in [0.5, 0.6) is 0 Å². The first-order valence-electron chi connectivity index (χ1n) is 9.21. The molecule has 1 aliphatic rings. The molecule has 1 saturated heterocycles. The number of likely N-dealkylation sites (tertiary alicyclic amines) is 1. The molecule has 0 aliphatic carbocycles. The second-order valence-electron chi connectivity index (χ2n) is 6.58. The maximum absolute atomic E-state index is 12.5. The Morgan fingerprint density at radius 2 is 1.72 bits per heavy atom. The minimum atomic E-state index is -0.454. The Morgan fingerprint density at radius 3 is 2.34 bits per heavy atom. The minimum absolute atomic E-state index is 0.0947. The number of carbonyl (C=O) groups is 2. The number of piperidine rings is 1. The first-order chi connectivity index (χ1) is 14.1. The van der Waals surface area contributed by atoms with E-state index in [4.69, 9.17) is 16.3 Å². The van der Waals surface area contributed by atoms with E-state index < -0.39 is 12.0 Å². The average molecular weight is 410 g/mol. The first-order valence-corrected chi connectivity index (χ1v) is 9.59. The molecule has 0 radical (unpaired) electrons. The molecule has 2 amide bonds. The number of ether oxygens (including phenoxy) is 1. The number of hydrogen-bond donors (Lipinski definition) is 1. The fourth-order valence-corrected chi connectivity index (χ4v) is 3.16. The topological polar surface area (TPSA) is 82.4 Å². The van der Waals surface area contributed by atoms with Gasteiger partial charge in [-0.2, -0.15) is 5.26 Å². The number of carbonyl (C=O) groups excluding carboxylic acids is 2. The number of hydrogen-bond acceptors (Lipinski definition) is 4. The molecule has 3 rings (SSSR count). The highest BCUT2D eigenvalue weighted by Gasteiger charge is 2.24. The Kier molecular flexibility index (Phi) is 6.88. The van der Waals surface area contributed by atoms with Gasteiger partial charge in [0, 0.05) is 23.8 Å². The summed E-state index contributed by atoms with van der Waals surface area (Å²) in [6, 6.07) is 18.1. The number of nitriles is 1. The normalized spacial score (nSPS) is 13.4. The standard InChI is InChI=1S/C22H20ClN3O3/c23-18-6-8-19(9-7-18)25-21(27)20(14-24)17-10-12-26(13-11-17)22(28)29-15-16-4-2-1-3-5-16/h1-9H,10-13,15H2,(H,25,27). The fourth-order valence-electron chi connectivity index (χ4n) is 3.04. The molecule has 7 heteroatoms. The molecule has 148 valence electrons. The Balaban J connectivity index is 1.56. The maximum Gasteiger partial charge on any atom is 0.410 e. The van der Waals surface area contributed by atoms with Crippen molar-refractivity contribution in [2.75, 3.05) is 18.4 Å². The largest absolute Gasteiger partial charge is 0.445 e. The van der Waals surface area contributed by atoms with Crippen molar-refractivity contribution in [3.63, 3.8) is 0 Å². The van der Waals surface area contributed by atoms with E-state index in [1.807, 2.05) is 36.4 Å². The quantitative estimate of drug-likeness (QED) is 0.594. The molecule has 0 unspecified atom stereocenters. The Labute approximate surface area is 174 Å². The molecule has 6 nitrogen and oxygen atoms in total. The van der Waals surface area contributed by atoms with Crippen molar-refractivity contribution in [3.05, 3.63) is 76.3 Å². The number of halogens is 1. The number of nitrogens with one attached hydrogen (secondary N) is 1. The van der Waals surface area contributed by atoms with Gasteiger partial charge in [-0.25, -0.2) is 4.79 Å². The van der Waals surface area contributed by atoms with Crippen LogP contribution in [0.3, 0.4) is 0 Å². The molecule has 0 spiro atoms.